The fourth-order valence-electron chi connectivity index (χ4n) is 1.97. The number of carbonyl (C=O) groups excluding carboxylic acids is 1. The smallest absolute Gasteiger partial charge is 0.230 e. The Bertz CT molecular complexity index is 315. The lowest BCUT2D eigenvalue weighted by Gasteiger charge is -2.30. The van der Waals surface area contributed by atoms with Crippen molar-refractivity contribution in [2.75, 3.05) is 26.3 Å². The van der Waals surface area contributed by atoms with Gasteiger partial charge in [0.15, 0.2) is 5.76 Å². The average molecular weight is 213 g/mol. The van der Waals surface area contributed by atoms with Gasteiger partial charge in [-0.05, 0) is 6.92 Å². The number of aliphatic hydroxyl groups is 2. The number of hydrogen-bond donors (Lipinski definition) is 2. The number of carbonyl (C=O) groups is 1. The Kier molecular flexibility index (Phi) is 2.44. The maximum Gasteiger partial charge on any atom is 0.230 e. The fraction of sp³-hybridized carbons (Fsp3) is 0.700. The van der Waals surface area contributed by atoms with Gasteiger partial charge in [0, 0.05) is 19.5 Å². The van der Waals surface area contributed by atoms with E-state index in [-0.39, 0.29) is 12.2 Å². The molecule has 15 heavy (non-hydrogen) atoms. The number of hydrogen-bond acceptors (Lipinski definition) is 5. The van der Waals surface area contributed by atoms with E-state index in [2.05, 4.69) is 0 Å². The van der Waals surface area contributed by atoms with Crippen molar-refractivity contribution in [2.45, 2.75) is 18.9 Å². The van der Waals surface area contributed by atoms with Gasteiger partial charge >= 0.3 is 0 Å². The van der Waals surface area contributed by atoms with E-state index in [9.17, 15) is 15.0 Å². The molecule has 0 amide bonds. The monoisotopic (exact) mass is 213 g/mol. The Morgan fingerprint density at radius 3 is 2.47 bits per heavy atom. The third-order valence-electron chi connectivity index (χ3n) is 2.88. The van der Waals surface area contributed by atoms with Crippen LogP contribution in [0.3, 0.4) is 0 Å². The summed E-state index contributed by atoms with van der Waals surface area (Å²) >= 11 is 0. The molecule has 2 rings (SSSR count). The zero-order valence-corrected chi connectivity index (χ0v) is 8.69. The molecule has 2 aliphatic rings. The molecule has 5 heteroatoms. The summed E-state index contributed by atoms with van der Waals surface area (Å²) in [7, 11) is 0. The van der Waals surface area contributed by atoms with E-state index in [1.165, 1.54) is 6.92 Å². The highest BCUT2D eigenvalue weighted by Crippen LogP contribution is 2.32. The molecule has 1 atom stereocenters. The van der Waals surface area contributed by atoms with Gasteiger partial charge in [-0.1, -0.05) is 0 Å². The summed E-state index contributed by atoms with van der Waals surface area (Å²) in [5.74, 6) is -0.870. The molecule has 84 valence electrons. The van der Waals surface area contributed by atoms with Gasteiger partial charge in [0.25, 0.3) is 0 Å². The minimum atomic E-state index is -1.45. The van der Waals surface area contributed by atoms with Crippen LogP contribution in [0.25, 0.3) is 0 Å². The third-order valence-corrected chi connectivity index (χ3v) is 2.88. The first kappa shape index (κ1) is 10.4. The highest BCUT2D eigenvalue weighted by atomic mass is 16.5. The fourth-order valence-corrected chi connectivity index (χ4v) is 1.97. The van der Waals surface area contributed by atoms with Crippen LogP contribution in [-0.2, 0) is 9.53 Å². The number of rotatable bonds is 1. The maximum atomic E-state index is 11.5. The zero-order chi connectivity index (χ0) is 11.1. The molecule has 0 aromatic carbocycles. The van der Waals surface area contributed by atoms with E-state index >= 15 is 0 Å². The Balaban J connectivity index is 2.19. The standard InChI is InChI=1S/C10H15NO4/c1-10(14)6-7(8(12)9(10)13)11-2-4-15-5-3-11/h12,14H,2-6H2,1H3. The van der Waals surface area contributed by atoms with Crippen LogP contribution >= 0.6 is 0 Å². The SMILES string of the molecule is CC1(O)CC(N2CCOCC2)=C(O)C1=O. The first-order valence-corrected chi connectivity index (χ1v) is 5.04. The Morgan fingerprint density at radius 1 is 1.40 bits per heavy atom. The van der Waals surface area contributed by atoms with E-state index in [4.69, 9.17) is 4.74 Å². The van der Waals surface area contributed by atoms with E-state index in [1.54, 1.807) is 0 Å². The lowest BCUT2D eigenvalue weighted by Crippen LogP contribution is -2.36. The summed E-state index contributed by atoms with van der Waals surface area (Å²) in [6.45, 7) is 3.92. The van der Waals surface area contributed by atoms with Crippen molar-refractivity contribution in [3.05, 3.63) is 11.5 Å². The van der Waals surface area contributed by atoms with Gasteiger partial charge < -0.3 is 19.8 Å². The predicted molar refractivity (Wildman–Crippen MR) is 52.3 cm³/mol. The van der Waals surface area contributed by atoms with E-state index < -0.39 is 11.4 Å². The minimum Gasteiger partial charge on any atom is -0.503 e. The van der Waals surface area contributed by atoms with Crippen LogP contribution < -0.4 is 0 Å². The molecule has 0 bridgehead atoms. The summed E-state index contributed by atoms with van der Waals surface area (Å²) in [5.41, 5.74) is -0.897. The van der Waals surface area contributed by atoms with Gasteiger partial charge in [-0.2, -0.15) is 0 Å². The zero-order valence-electron chi connectivity index (χ0n) is 8.69. The normalized spacial score (nSPS) is 32.7. The molecule has 5 nitrogen and oxygen atoms in total. The molecule has 0 aromatic rings. The molecule has 0 spiro atoms. The molecule has 2 N–H and O–H groups in total. The van der Waals surface area contributed by atoms with Crippen LogP contribution in [0.1, 0.15) is 13.3 Å². The Morgan fingerprint density at radius 2 is 2.00 bits per heavy atom. The van der Waals surface area contributed by atoms with E-state index in [1.807, 2.05) is 4.90 Å². The maximum absolute atomic E-state index is 11.5. The third kappa shape index (κ3) is 1.72. The van der Waals surface area contributed by atoms with Crippen LogP contribution in [0.5, 0.6) is 0 Å². The quantitative estimate of drug-likeness (QED) is 0.632. The van der Waals surface area contributed by atoms with Crippen molar-refractivity contribution in [1.82, 2.24) is 4.90 Å². The number of nitrogens with zero attached hydrogens (tertiary/aromatic N) is 1. The van der Waals surface area contributed by atoms with Crippen molar-refractivity contribution in [1.29, 1.82) is 0 Å². The first-order valence-electron chi connectivity index (χ1n) is 5.04. The summed E-state index contributed by atoms with van der Waals surface area (Å²) < 4.78 is 5.18. The summed E-state index contributed by atoms with van der Waals surface area (Å²) in [6.07, 6.45) is 0.192. The summed E-state index contributed by atoms with van der Waals surface area (Å²) in [5, 5.41) is 19.4. The van der Waals surface area contributed by atoms with E-state index in [0.29, 0.717) is 32.0 Å². The van der Waals surface area contributed by atoms with Crippen LogP contribution in [-0.4, -0.2) is 52.8 Å². The van der Waals surface area contributed by atoms with Gasteiger partial charge in [0.2, 0.25) is 5.78 Å². The molecule has 1 saturated heterocycles. The number of morpholine rings is 1. The molecule has 1 aliphatic heterocycles. The van der Waals surface area contributed by atoms with Gasteiger partial charge in [-0.3, -0.25) is 4.79 Å². The largest absolute Gasteiger partial charge is 0.503 e. The lowest BCUT2D eigenvalue weighted by molar-refractivity contribution is -0.132. The Labute approximate surface area is 87.9 Å². The predicted octanol–water partition coefficient (Wildman–Crippen LogP) is -0.188. The molecule has 1 unspecified atom stereocenters. The van der Waals surface area contributed by atoms with Crippen molar-refractivity contribution in [2.24, 2.45) is 0 Å². The molecular weight excluding hydrogens is 198 g/mol. The molecule has 1 fully saturated rings. The molecule has 0 aromatic heterocycles. The molecule has 0 saturated carbocycles. The molecular formula is C10H15NO4. The van der Waals surface area contributed by atoms with Crippen LogP contribution in [0.4, 0.5) is 0 Å². The van der Waals surface area contributed by atoms with Gasteiger partial charge in [0.1, 0.15) is 5.60 Å². The molecule has 1 heterocycles. The second kappa shape index (κ2) is 3.50. The van der Waals surface area contributed by atoms with Crippen molar-refractivity contribution >= 4 is 5.78 Å². The minimum absolute atomic E-state index is 0.192. The number of aliphatic hydroxyl groups excluding tert-OH is 1. The van der Waals surface area contributed by atoms with Crippen molar-refractivity contribution in [3.8, 4) is 0 Å². The summed E-state index contributed by atoms with van der Waals surface area (Å²) in [4.78, 5) is 13.4. The molecule has 1 aliphatic carbocycles. The highest BCUT2D eigenvalue weighted by Gasteiger charge is 2.44. The number of Topliss-reactive ketones (excluding diaryl/α,β-unsaturated/α-hetero) is 1. The highest BCUT2D eigenvalue weighted by molar-refractivity contribution is 6.02. The van der Waals surface area contributed by atoms with Crippen LogP contribution in [0.15, 0.2) is 11.5 Å². The van der Waals surface area contributed by atoms with Gasteiger partial charge in [-0.15, -0.1) is 0 Å². The van der Waals surface area contributed by atoms with Crippen LogP contribution in [0.2, 0.25) is 0 Å². The van der Waals surface area contributed by atoms with E-state index in [0.717, 1.165) is 0 Å². The average Bonchev–Trinajstić information content (AvgIpc) is 2.44. The van der Waals surface area contributed by atoms with Gasteiger partial charge in [-0.25, -0.2) is 0 Å². The van der Waals surface area contributed by atoms with Crippen LogP contribution in [0, 0.1) is 0 Å². The number of ether oxygens (including phenoxy) is 1. The van der Waals surface area contributed by atoms with Crippen molar-refractivity contribution in [3.63, 3.8) is 0 Å². The second-order valence-electron chi connectivity index (χ2n) is 4.17. The topological polar surface area (TPSA) is 70.0 Å². The molecule has 0 radical (unpaired) electrons. The summed E-state index contributed by atoms with van der Waals surface area (Å²) in [6, 6.07) is 0. The number of ketones is 1. The van der Waals surface area contributed by atoms with Gasteiger partial charge in [0.05, 0.1) is 18.9 Å². The first-order chi connectivity index (χ1) is 7.02. The van der Waals surface area contributed by atoms with Crippen molar-refractivity contribution < 1.29 is 19.7 Å². The second-order valence-corrected chi connectivity index (χ2v) is 4.17. The Hall–Kier alpha value is -1.07. The lowest BCUT2D eigenvalue weighted by atomic mass is 10.0.